The molecule has 20 atom stereocenters. The van der Waals surface area contributed by atoms with Gasteiger partial charge in [0.15, 0.2) is 24.1 Å². The lowest BCUT2D eigenvalue weighted by atomic mass is 9.98. The van der Waals surface area contributed by atoms with Crippen LogP contribution in [0.2, 0.25) is 0 Å². The molecule has 4 fully saturated rings. The minimum absolute atomic E-state index is 0.0383. The molecule has 462 valence electrons. The van der Waals surface area contributed by atoms with Gasteiger partial charge in [-0.15, -0.1) is 0 Å². The molecule has 0 saturated carbocycles. The number of aliphatic hydroxyl groups excluding tert-OH is 13. The number of methoxy groups -OCH3 is 2. The van der Waals surface area contributed by atoms with Crippen LogP contribution in [0.5, 0.6) is 17.2 Å². The first-order valence-electron chi connectivity index (χ1n) is 25.9. The number of allylic oxidation sites excluding steroid dienone is 12. The van der Waals surface area contributed by atoms with Crippen molar-refractivity contribution in [2.45, 2.75) is 151 Å². The van der Waals surface area contributed by atoms with Gasteiger partial charge in [-0.05, 0) is 51.5 Å². The Morgan fingerprint density at radius 3 is 1.23 bits per heavy atom. The minimum Gasteiger partial charge on any atom is -0.502 e. The van der Waals surface area contributed by atoms with Crippen molar-refractivity contribution in [1.29, 1.82) is 0 Å². The van der Waals surface area contributed by atoms with Crippen LogP contribution in [0.1, 0.15) is 33.3 Å². The Hall–Kier alpha value is -5.81. The monoisotopic (exact) mass is 1180 g/mol. The predicted octanol–water partition coefficient (Wildman–Crippen LogP) is -3.24. The summed E-state index contributed by atoms with van der Waals surface area (Å²) in [6, 6.07) is 2.84. The van der Waals surface area contributed by atoms with E-state index in [4.69, 9.17) is 52.1 Å². The summed E-state index contributed by atoms with van der Waals surface area (Å²) in [6.07, 6.45) is -15.8. The van der Waals surface area contributed by atoms with Gasteiger partial charge in [0.05, 0.1) is 34.0 Å². The van der Waals surface area contributed by atoms with Crippen LogP contribution in [-0.4, -0.2) is 253 Å². The summed E-state index contributed by atoms with van der Waals surface area (Å²) in [4.78, 5) is 38.5. The Bertz CT molecular complexity index is 2550. The Balaban J connectivity index is 1.06. The first kappa shape index (κ1) is 68.0. The maximum atomic E-state index is 13.0. The van der Waals surface area contributed by atoms with Gasteiger partial charge in [-0.1, -0.05) is 71.9 Å². The number of hydrogen-bond acceptors (Lipinski definition) is 28. The highest BCUT2D eigenvalue weighted by molar-refractivity contribution is 5.89. The van der Waals surface area contributed by atoms with E-state index in [0.29, 0.717) is 5.56 Å². The summed E-state index contributed by atoms with van der Waals surface area (Å²) in [7, 11) is 2.65. The molecule has 14 N–H and O–H groups in total. The van der Waals surface area contributed by atoms with Crippen molar-refractivity contribution in [2.75, 3.05) is 40.6 Å². The van der Waals surface area contributed by atoms with Crippen molar-refractivity contribution in [3.05, 3.63) is 107 Å². The zero-order chi connectivity index (χ0) is 61.4. The van der Waals surface area contributed by atoms with E-state index in [0.717, 1.165) is 17.2 Å². The fraction of sp³-hybridized carbons (Fsp3) is 0.545. The second kappa shape index (κ2) is 31.9. The molecule has 0 radical (unpaired) electrons. The van der Waals surface area contributed by atoms with Gasteiger partial charge < -0.3 is 124 Å². The molecule has 0 aliphatic carbocycles. The van der Waals surface area contributed by atoms with E-state index in [-0.39, 0.29) is 28.4 Å². The SMILES string of the molecule is COc1cc(/C=C/C(=O)OCC2O[C@@H](OCC3O[C@@H](OC(=O)/C(C)=C/C=C/C(C)=C/C=C/C=C(C)/C=C/C=C(\C)C(=O)O[C@@H]4OC(CO[C@@H]5OC(CO)[C@@H](O)C(O)C5O)[C@@H](O)C(O)C4O)C(O)C(O)[C@@H]3O)C(O)C(O)[C@@H]2O)cc(OC)c1O. The van der Waals surface area contributed by atoms with E-state index >= 15 is 0 Å². The molecule has 28 heteroatoms. The molecule has 83 heavy (non-hydrogen) atoms. The van der Waals surface area contributed by atoms with Crippen LogP contribution in [0.3, 0.4) is 0 Å². The standard InChI is InChI=1S/C55H74O28/c1-25(13-9-15-27(3)50(71)82-54-48(69)44(65)40(61)34(80-54)23-76-52-46(67)42(63)38(59)32(21-56)78-52)11-7-8-12-26(2)14-10-16-28(4)51(72)83-55-49(70)45(66)41(62)35(81-55)24-77-53-47(68)43(64)39(60)33(79-53)22-75-36(57)18-17-29-19-30(73-5)37(58)31(20-29)74-6/h7-20,32-35,38-49,52-56,58-70H,21-24H2,1-6H3/b8-7+,13-9+,14-10+,18-17+,25-11+,26-12+,27-15+,28-16+/t32?,33?,34?,35?,38-,39-,40-,41-,42?,43?,44?,45?,46?,47?,48?,49?,52-,53-,54+,55+/m1/s1. The predicted molar refractivity (Wildman–Crippen MR) is 282 cm³/mol. The van der Waals surface area contributed by atoms with Crippen LogP contribution in [0, 0.1) is 0 Å². The molecule has 5 rings (SSSR count). The zero-order valence-corrected chi connectivity index (χ0v) is 45.9. The number of aliphatic hydroxyl groups is 13. The van der Waals surface area contributed by atoms with Gasteiger partial charge in [-0.3, -0.25) is 0 Å². The first-order valence-corrected chi connectivity index (χ1v) is 25.9. The number of ether oxygens (including phenoxy) is 11. The molecule has 0 amide bonds. The number of phenolic OH excluding ortho intramolecular Hbond substituents is 1. The summed E-state index contributed by atoms with van der Waals surface area (Å²) in [5.74, 6) is -2.93. The van der Waals surface area contributed by atoms with Crippen molar-refractivity contribution in [1.82, 2.24) is 0 Å². The van der Waals surface area contributed by atoms with Crippen molar-refractivity contribution < 1.29 is 138 Å². The maximum Gasteiger partial charge on any atom is 0.336 e. The summed E-state index contributed by atoms with van der Waals surface area (Å²) in [5, 5.41) is 145. The van der Waals surface area contributed by atoms with E-state index in [1.54, 1.807) is 62.5 Å². The summed E-state index contributed by atoms with van der Waals surface area (Å²) >= 11 is 0. The Labute approximate surface area is 476 Å². The topological polar surface area (TPSA) is 436 Å². The van der Waals surface area contributed by atoms with E-state index in [9.17, 15) is 85.9 Å². The van der Waals surface area contributed by atoms with Crippen LogP contribution in [-0.2, 0) is 57.0 Å². The fourth-order valence-electron chi connectivity index (χ4n) is 8.21. The molecule has 1 aromatic rings. The lowest BCUT2D eigenvalue weighted by molar-refractivity contribution is -0.326. The van der Waals surface area contributed by atoms with Gasteiger partial charge in [0.2, 0.25) is 18.3 Å². The number of rotatable bonds is 23. The molecule has 1 aromatic carbocycles. The smallest absolute Gasteiger partial charge is 0.336 e. The fourth-order valence-corrected chi connectivity index (χ4v) is 8.21. The highest BCUT2D eigenvalue weighted by Gasteiger charge is 2.50. The number of esters is 3. The number of carbonyl (C=O) groups excluding carboxylic acids is 3. The van der Waals surface area contributed by atoms with Crippen molar-refractivity contribution in [3.8, 4) is 17.2 Å². The normalized spacial score (nSPS) is 35.1. The summed E-state index contributed by atoms with van der Waals surface area (Å²) in [5.41, 5.74) is 1.98. The number of benzene rings is 1. The van der Waals surface area contributed by atoms with Gasteiger partial charge >= 0.3 is 17.9 Å². The molecule has 0 bridgehead atoms. The zero-order valence-electron chi connectivity index (χ0n) is 45.9. The molecule has 28 nitrogen and oxygen atoms in total. The highest BCUT2D eigenvalue weighted by Crippen LogP contribution is 2.37. The summed E-state index contributed by atoms with van der Waals surface area (Å²) in [6.45, 7) is 3.72. The van der Waals surface area contributed by atoms with E-state index < -0.39 is 167 Å². The van der Waals surface area contributed by atoms with Gasteiger partial charge in [-0.2, -0.15) is 0 Å². The Morgan fingerprint density at radius 2 is 0.831 bits per heavy atom. The molecule has 4 aliphatic heterocycles. The molecule has 4 saturated heterocycles. The molecular weight excluding hydrogens is 1110 g/mol. The third kappa shape index (κ3) is 18.3. The molecule has 0 aromatic heterocycles. The van der Waals surface area contributed by atoms with Crippen LogP contribution in [0.4, 0.5) is 0 Å². The number of carbonyl (C=O) groups is 3. The maximum absolute atomic E-state index is 13.0. The quantitative estimate of drug-likeness (QED) is 0.0222. The lowest BCUT2D eigenvalue weighted by Crippen LogP contribution is -2.62. The van der Waals surface area contributed by atoms with Crippen molar-refractivity contribution in [3.63, 3.8) is 0 Å². The van der Waals surface area contributed by atoms with E-state index in [1.165, 1.54) is 58.4 Å². The number of phenols is 1. The van der Waals surface area contributed by atoms with Crippen molar-refractivity contribution in [2.24, 2.45) is 0 Å². The van der Waals surface area contributed by atoms with E-state index in [1.807, 2.05) is 0 Å². The Kier molecular flexibility index (Phi) is 26.1. The van der Waals surface area contributed by atoms with Gasteiger partial charge in [0, 0.05) is 17.2 Å². The first-order chi connectivity index (χ1) is 39.3. The van der Waals surface area contributed by atoms with Crippen LogP contribution in [0.25, 0.3) is 6.08 Å². The molecular formula is C55H74O28. The number of hydrogen-bond donors (Lipinski definition) is 14. The third-order valence-corrected chi connectivity index (χ3v) is 13.3. The average Bonchev–Trinajstić information content (AvgIpc) is 3.67. The van der Waals surface area contributed by atoms with Crippen LogP contribution in [0.15, 0.2) is 101 Å². The molecule has 4 aliphatic rings. The second-order valence-corrected chi connectivity index (χ2v) is 19.6. The van der Waals surface area contributed by atoms with Gasteiger partial charge in [-0.25, -0.2) is 14.4 Å². The highest BCUT2D eigenvalue weighted by atomic mass is 16.8. The van der Waals surface area contributed by atoms with Crippen molar-refractivity contribution >= 4 is 24.0 Å². The molecule has 4 heterocycles. The van der Waals surface area contributed by atoms with E-state index in [2.05, 4.69) is 0 Å². The van der Waals surface area contributed by atoms with Gasteiger partial charge in [0.1, 0.15) is 104 Å². The largest absolute Gasteiger partial charge is 0.502 e. The third-order valence-electron chi connectivity index (χ3n) is 13.3. The summed E-state index contributed by atoms with van der Waals surface area (Å²) < 4.78 is 58.8. The molecule has 12 unspecified atom stereocenters. The average molecular weight is 1180 g/mol. The lowest BCUT2D eigenvalue weighted by Gasteiger charge is -2.42. The second-order valence-electron chi connectivity index (χ2n) is 19.6. The Morgan fingerprint density at radius 1 is 0.470 bits per heavy atom. The minimum atomic E-state index is -1.92. The number of aromatic hydroxyl groups is 1. The molecule has 0 spiro atoms. The van der Waals surface area contributed by atoms with Crippen LogP contribution < -0.4 is 9.47 Å². The van der Waals surface area contributed by atoms with Crippen LogP contribution >= 0.6 is 0 Å². The van der Waals surface area contributed by atoms with Gasteiger partial charge in [0.25, 0.3) is 0 Å².